The minimum absolute atomic E-state index is 0.114. The van der Waals surface area contributed by atoms with Crippen LogP contribution in [0.1, 0.15) is 12.5 Å². The molecule has 0 radical (unpaired) electrons. The second kappa shape index (κ2) is 8.12. The van der Waals surface area contributed by atoms with Gasteiger partial charge in [-0.15, -0.1) is 0 Å². The highest BCUT2D eigenvalue weighted by Gasteiger charge is 2.20. The largest absolute Gasteiger partial charge is 0.494 e. The number of anilines is 1. The number of rotatable bonds is 6. The van der Waals surface area contributed by atoms with Crippen LogP contribution in [0.5, 0.6) is 5.75 Å². The summed E-state index contributed by atoms with van der Waals surface area (Å²) in [6.07, 6.45) is 0. The Balaban J connectivity index is 1.37. The van der Waals surface area contributed by atoms with Crippen LogP contribution in [0.15, 0.2) is 42.5 Å². The number of fused-ring (bicyclic) bond motifs is 1. The summed E-state index contributed by atoms with van der Waals surface area (Å²) in [5, 5.41) is 11.9. The molecule has 8 heteroatoms. The average molecular weight is 398 g/mol. The minimum atomic E-state index is -0.363. The molecular weight excluding hydrogens is 376 g/mol. The number of nitro benzene ring substituents is 1. The number of nitro groups is 1. The van der Waals surface area contributed by atoms with Crippen molar-refractivity contribution in [1.82, 2.24) is 9.88 Å². The molecule has 1 aliphatic rings. The first kappa shape index (κ1) is 18.6. The van der Waals surface area contributed by atoms with Crippen LogP contribution >= 0.6 is 11.3 Å². The normalized spacial score (nSPS) is 15.1. The summed E-state index contributed by atoms with van der Waals surface area (Å²) in [5.74, 6) is 0.909. The molecule has 4 rings (SSSR count). The lowest BCUT2D eigenvalue weighted by atomic mass is 10.2. The van der Waals surface area contributed by atoms with Crippen LogP contribution in [-0.2, 0) is 6.54 Å². The number of non-ortho nitro benzene ring substituents is 1. The van der Waals surface area contributed by atoms with Crippen LogP contribution < -0.4 is 9.64 Å². The number of piperazine rings is 1. The molecule has 0 N–H and O–H groups in total. The Labute approximate surface area is 167 Å². The molecule has 0 unspecified atom stereocenters. The third-order valence-electron chi connectivity index (χ3n) is 4.85. The van der Waals surface area contributed by atoms with Crippen LogP contribution in [0.2, 0.25) is 0 Å². The quantitative estimate of drug-likeness (QED) is 0.463. The molecule has 2 heterocycles. The number of aromatic nitrogens is 1. The molecule has 1 fully saturated rings. The molecule has 7 nitrogen and oxygen atoms in total. The van der Waals surface area contributed by atoms with Crippen LogP contribution in [-0.4, -0.2) is 47.6 Å². The summed E-state index contributed by atoms with van der Waals surface area (Å²) in [6, 6.07) is 13.1. The molecule has 1 aliphatic heterocycles. The van der Waals surface area contributed by atoms with Crippen LogP contribution in [0.3, 0.4) is 0 Å². The van der Waals surface area contributed by atoms with Crippen LogP contribution in [0.4, 0.5) is 10.8 Å². The Bertz CT molecular complexity index is 965. The Morgan fingerprint density at radius 1 is 1.14 bits per heavy atom. The van der Waals surface area contributed by atoms with Gasteiger partial charge in [0.15, 0.2) is 5.13 Å². The van der Waals surface area contributed by atoms with E-state index in [2.05, 4.69) is 26.9 Å². The maximum Gasteiger partial charge on any atom is 0.270 e. The van der Waals surface area contributed by atoms with Crippen molar-refractivity contribution in [2.24, 2.45) is 0 Å². The van der Waals surface area contributed by atoms with Gasteiger partial charge in [0.25, 0.3) is 5.69 Å². The number of hydrogen-bond acceptors (Lipinski definition) is 7. The second-order valence-electron chi connectivity index (χ2n) is 6.75. The first-order valence-electron chi connectivity index (χ1n) is 9.36. The molecule has 0 atom stereocenters. The van der Waals surface area contributed by atoms with Gasteiger partial charge in [0.1, 0.15) is 5.75 Å². The van der Waals surface area contributed by atoms with E-state index in [0.29, 0.717) is 6.61 Å². The van der Waals surface area contributed by atoms with E-state index in [-0.39, 0.29) is 10.6 Å². The summed E-state index contributed by atoms with van der Waals surface area (Å²) in [4.78, 5) is 20.0. The number of nitrogens with zero attached hydrogens (tertiary/aromatic N) is 4. The Hall–Kier alpha value is -2.71. The Kier molecular flexibility index (Phi) is 5.40. The maximum absolute atomic E-state index is 11.0. The fourth-order valence-electron chi connectivity index (χ4n) is 3.36. The fourth-order valence-corrected chi connectivity index (χ4v) is 4.41. The van der Waals surface area contributed by atoms with E-state index in [9.17, 15) is 10.1 Å². The van der Waals surface area contributed by atoms with Crippen LogP contribution in [0, 0.1) is 10.1 Å². The second-order valence-corrected chi connectivity index (χ2v) is 7.75. The molecule has 3 aromatic rings. The third kappa shape index (κ3) is 4.07. The molecule has 28 heavy (non-hydrogen) atoms. The molecule has 0 aliphatic carbocycles. The predicted molar refractivity (Wildman–Crippen MR) is 111 cm³/mol. The first-order chi connectivity index (χ1) is 13.6. The fraction of sp³-hybridized carbons (Fsp3) is 0.350. The molecule has 1 saturated heterocycles. The molecule has 0 amide bonds. The molecule has 0 bridgehead atoms. The van der Waals surface area contributed by atoms with Gasteiger partial charge in [0, 0.05) is 44.9 Å². The van der Waals surface area contributed by atoms with Gasteiger partial charge in [-0.2, -0.15) is 0 Å². The van der Waals surface area contributed by atoms with Crippen molar-refractivity contribution < 1.29 is 9.66 Å². The van der Waals surface area contributed by atoms with Gasteiger partial charge in [0.2, 0.25) is 0 Å². The lowest BCUT2D eigenvalue weighted by Crippen LogP contribution is -2.45. The van der Waals surface area contributed by atoms with Crippen molar-refractivity contribution >= 4 is 32.4 Å². The predicted octanol–water partition coefficient (Wildman–Crippen LogP) is 3.93. The van der Waals surface area contributed by atoms with E-state index < -0.39 is 0 Å². The Morgan fingerprint density at radius 2 is 1.89 bits per heavy atom. The zero-order valence-corrected chi connectivity index (χ0v) is 16.5. The lowest BCUT2D eigenvalue weighted by Gasteiger charge is -2.34. The minimum Gasteiger partial charge on any atom is -0.494 e. The molecular formula is C20H22N4O3S. The SMILES string of the molecule is CCOc1ccc(CN2CCN(c3nc4ccc([N+](=O)[O-])cc4s3)CC2)cc1. The summed E-state index contributed by atoms with van der Waals surface area (Å²) in [5.41, 5.74) is 2.22. The van der Waals surface area contributed by atoms with Crippen molar-refractivity contribution in [3.8, 4) is 5.75 Å². The van der Waals surface area contributed by atoms with Gasteiger partial charge in [-0.25, -0.2) is 4.98 Å². The van der Waals surface area contributed by atoms with Crippen molar-refractivity contribution in [3.05, 3.63) is 58.1 Å². The standard InChI is InChI=1S/C20H22N4O3S/c1-2-27-17-6-3-15(4-7-17)14-22-9-11-23(12-10-22)20-21-18-8-5-16(24(25)26)13-19(18)28-20/h3-8,13H,2,9-12,14H2,1H3. The van der Waals surface area contributed by atoms with Gasteiger partial charge in [-0.05, 0) is 30.7 Å². The molecule has 0 saturated carbocycles. The highest BCUT2D eigenvalue weighted by atomic mass is 32.1. The van der Waals surface area contributed by atoms with Crippen LogP contribution in [0.25, 0.3) is 10.2 Å². The summed E-state index contributed by atoms with van der Waals surface area (Å²) >= 11 is 1.52. The van der Waals surface area contributed by atoms with Gasteiger partial charge in [-0.1, -0.05) is 23.5 Å². The highest BCUT2D eigenvalue weighted by Crippen LogP contribution is 2.32. The topological polar surface area (TPSA) is 71.7 Å². The summed E-state index contributed by atoms with van der Waals surface area (Å²) in [6.45, 7) is 7.32. The number of ether oxygens (including phenoxy) is 1. The highest BCUT2D eigenvalue weighted by molar-refractivity contribution is 7.22. The van der Waals surface area contributed by atoms with E-state index in [0.717, 1.165) is 53.8 Å². The molecule has 2 aromatic carbocycles. The van der Waals surface area contributed by atoms with Crippen molar-refractivity contribution in [2.45, 2.75) is 13.5 Å². The number of hydrogen-bond donors (Lipinski definition) is 0. The van der Waals surface area contributed by atoms with E-state index in [1.807, 2.05) is 19.1 Å². The van der Waals surface area contributed by atoms with Gasteiger partial charge in [0.05, 0.1) is 21.7 Å². The zero-order chi connectivity index (χ0) is 19.5. The molecule has 0 spiro atoms. The van der Waals surface area contributed by atoms with Gasteiger partial charge < -0.3 is 9.64 Å². The van der Waals surface area contributed by atoms with Crippen molar-refractivity contribution in [2.75, 3.05) is 37.7 Å². The lowest BCUT2D eigenvalue weighted by molar-refractivity contribution is -0.384. The zero-order valence-electron chi connectivity index (χ0n) is 15.7. The van der Waals surface area contributed by atoms with Gasteiger partial charge in [-0.3, -0.25) is 15.0 Å². The summed E-state index contributed by atoms with van der Waals surface area (Å²) in [7, 11) is 0. The smallest absolute Gasteiger partial charge is 0.270 e. The van der Waals surface area contributed by atoms with Crippen molar-refractivity contribution in [1.29, 1.82) is 0 Å². The third-order valence-corrected chi connectivity index (χ3v) is 5.93. The van der Waals surface area contributed by atoms with Gasteiger partial charge >= 0.3 is 0 Å². The maximum atomic E-state index is 11.0. The first-order valence-corrected chi connectivity index (χ1v) is 10.2. The van der Waals surface area contributed by atoms with E-state index >= 15 is 0 Å². The average Bonchev–Trinajstić information content (AvgIpc) is 3.13. The Morgan fingerprint density at radius 3 is 2.57 bits per heavy atom. The van der Waals surface area contributed by atoms with Crippen molar-refractivity contribution in [3.63, 3.8) is 0 Å². The number of benzene rings is 2. The molecule has 1 aromatic heterocycles. The number of thiazole rings is 1. The monoisotopic (exact) mass is 398 g/mol. The van der Waals surface area contributed by atoms with E-state index in [1.54, 1.807) is 12.1 Å². The summed E-state index contributed by atoms with van der Waals surface area (Å²) < 4.78 is 6.36. The van der Waals surface area contributed by atoms with E-state index in [1.165, 1.54) is 23.0 Å². The van der Waals surface area contributed by atoms with E-state index in [4.69, 9.17) is 4.74 Å². The molecule has 146 valence electrons.